The zero-order valence-corrected chi connectivity index (χ0v) is 11.5. The first-order valence-corrected chi connectivity index (χ1v) is 7.26. The van der Waals surface area contributed by atoms with Crippen LogP contribution in [0.1, 0.15) is 24.4 Å². The van der Waals surface area contributed by atoms with Gasteiger partial charge < -0.3 is 10.7 Å². The van der Waals surface area contributed by atoms with Crippen LogP contribution in [-0.4, -0.2) is 18.4 Å². The highest BCUT2D eigenvalue weighted by molar-refractivity contribution is 7.89. The molecule has 1 heterocycles. The molecule has 0 aliphatic rings. The van der Waals surface area contributed by atoms with Crippen LogP contribution >= 0.6 is 0 Å². The molecule has 0 aliphatic carbocycles. The number of aromatic amines is 1. The van der Waals surface area contributed by atoms with Gasteiger partial charge in [-0.2, -0.15) is 0 Å². The quantitative estimate of drug-likeness (QED) is 0.736. The Morgan fingerprint density at radius 3 is 2.74 bits per heavy atom. The largest absolute Gasteiger partial charge is 0.398 e. The number of hydrogen-bond donors (Lipinski definition) is 3. The lowest BCUT2D eigenvalue weighted by atomic mass is 10.2. The first kappa shape index (κ1) is 13.6. The van der Waals surface area contributed by atoms with Crippen LogP contribution in [0.25, 0.3) is 0 Å². The van der Waals surface area contributed by atoms with E-state index >= 15 is 0 Å². The molecule has 1 aromatic heterocycles. The van der Waals surface area contributed by atoms with Gasteiger partial charge in [-0.05, 0) is 31.5 Å². The molecule has 0 radical (unpaired) electrons. The number of anilines is 1. The maximum Gasteiger partial charge on any atom is 0.243 e. The Labute approximate surface area is 112 Å². The van der Waals surface area contributed by atoms with E-state index in [4.69, 9.17) is 5.73 Å². The standard InChI is InChI=1S/C12H16N4O2S/c1-8-3-4-11(10(13)7-8)19(17,18)16-9(2)12-14-5-6-15-12/h3-7,9,16H,13H2,1-2H3,(H,14,15). The lowest BCUT2D eigenvalue weighted by Gasteiger charge is -2.13. The Morgan fingerprint density at radius 1 is 1.42 bits per heavy atom. The van der Waals surface area contributed by atoms with Gasteiger partial charge >= 0.3 is 0 Å². The highest BCUT2D eigenvalue weighted by Gasteiger charge is 2.21. The van der Waals surface area contributed by atoms with Crippen LogP contribution in [0.5, 0.6) is 0 Å². The number of aromatic nitrogens is 2. The van der Waals surface area contributed by atoms with E-state index in [0.717, 1.165) is 5.56 Å². The minimum absolute atomic E-state index is 0.0801. The summed E-state index contributed by atoms with van der Waals surface area (Å²) in [5.41, 5.74) is 6.91. The maximum atomic E-state index is 12.2. The van der Waals surface area contributed by atoms with Crippen LogP contribution in [-0.2, 0) is 10.0 Å². The third-order valence-electron chi connectivity index (χ3n) is 2.72. The minimum Gasteiger partial charge on any atom is -0.398 e. The molecule has 0 bridgehead atoms. The molecule has 0 saturated heterocycles. The fourth-order valence-corrected chi connectivity index (χ4v) is 3.10. The van der Waals surface area contributed by atoms with Gasteiger partial charge in [0.2, 0.25) is 10.0 Å². The fourth-order valence-electron chi connectivity index (χ4n) is 1.78. The molecule has 6 nitrogen and oxygen atoms in total. The van der Waals surface area contributed by atoms with Crippen LogP contribution in [0.2, 0.25) is 0 Å². The van der Waals surface area contributed by atoms with Gasteiger partial charge in [0.15, 0.2) is 0 Å². The number of hydrogen-bond acceptors (Lipinski definition) is 4. The summed E-state index contributed by atoms with van der Waals surface area (Å²) in [5.74, 6) is 0.550. The number of sulfonamides is 1. The average molecular weight is 280 g/mol. The van der Waals surface area contributed by atoms with Crippen molar-refractivity contribution in [2.75, 3.05) is 5.73 Å². The number of rotatable bonds is 4. The highest BCUT2D eigenvalue weighted by atomic mass is 32.2. The Morgan fingerprint density at radius 2 is 2.16 bits per heavy atom. The van der Waals surface area contributed by atoms with Crippen molar-refractivity contribution >= 4 is 15.7 Å². The molecule has 1 aromatic carbocycles. The molecule has 0 fully saturated rings. The Balaban J connectivity index is 2.28. The predicted octanol–water partition coefficient (Wildman–Crippen LogP) is 1.34. The van der Waals surface area contributed by atoms with E-state index in [1.165, 1.54) is 6.07 Å². The molecule has 0 saturated carbocycles. The van der Waals surface area contributed by atoms with Gasteiger partial charge in [0.25, 0.3) is 0 Å². The van der Waals surface area contributed by atoms with Crippen LogP contribution in [0.4, 0.5) is 5.69 Å². The van der Waals surface area contributed by atoms with Crippen molar-refractivity contribution in [3.63, 3.8) is 0 Å². The second-order valence-electron chi connectivity index (χ2n) is 4.36. The normalized spacial score (nSPS) is 13.4. The summed E-state index contributed by atoms with van der Waals surface area (Å²) in [6.45, 7) is 3.56. The van der Waals surface area contributed by atoms with Crippen LogP contribution in [0.15, 0.2) is 35.5 Å². The molecule has 2 rings (SSSR count). The molecule has 1 atom stereocenters. The minimum atomic E-state index is -3.67. The summed E-state index contributed by atoms with van der Waals surface area (Å²) in [5, 5.41) is 0. The van der Waals surface area contributed by atoms with E-state index in [-0.39, 0.29) is 10.6 Å². The number of nitrogens with two attached hydrogens (primary N) is 1. The second kappa shape index (κ2) is 5.02. The number of nitrogen functional groups attached to an aromatic ring is 1. The van der Waals surface area contributed by atoms with Crippen molar-refractivity contribution in [2.45, 2.75) is 24.8 Å². The zero-order chi connectivity index (χ0) is 14.0. The fraction of sp³-hybridized carbons (Fsp3) is 0.250. The monoisotopic (exact) mass is 280 g/mol. The number of H-pyrrole nitrogens is 1. The zero-order valence-electron chi connectivity index (χ0n) is 10.7. The van der Waals surface area contributed by atoms with Gasteiger partial charge in [0.1, 0.15) is 10.7 Å². The molecule has 1 unspecified atom stereocenters. The molecule has 4 N–H and O–H groups in total. The van der Waals surface area contributed by atoms with E-state index in [1.807, 2.05) is 6.92 Å². The summed E-state index contributed by atoms with van der Waals surface area (Å²) in [7, 11) is -3.67. The number of nitrogens with zero attached hydrogens (tertiary/aromatic N) is 1. The first-order valence-electron chi connectivity index (χ1n) is 5.78. The van der Waals surface area contributed by atoms with Crippen LogP contribution < -0.4 is 10.5 Å². The molecule has 2 aromatic rings. The predicted molar refractivity (Wildman–Crippen MR) is 72.9 cm³/mol. The lowest BCUT2D eigenvalue weighted by molar-refractivity contribution is 0.561. The van der Waals surface area contributed by atoms with Crippen molar-refractivity contribution in [2.24, 2.45) is 0 Å². The number of aryl methyl sites for hydroxylation is 1. The summed E-state index contributed by atoms with van der Waals surface area (Å²) >= 11 is 0. The summed E-state index contributed by atoms with van der Waals surface area (Å²) in [6.07, 6.45) is 3.21. The van der Waals surface area contributed by atoms with E-state index in [1.54, 1.807) is 31.5 Å². The van der Waals surface area contributed by atoms with Crippen molar-refractivity contribution in [3.8, 4) is 0 Å². The topological polar surface area (TPSA) is 101 Å². The van der Waals surface area contributed by atoms with E-state index in [0.29, 0.717) is 5.82 Å². The second-order valence-corrected chi connectivity index (χ2v) is 6.04. The van der Waals surface area contributed by atoms with E-state index in [2.05, 4.69) is 14.7 Å². The molecular weight excluding hydrogens is 264 g/mol. The summed E-state index contributed by atoms with van der Waals surface area (Å²) in [4.78, 5) is 6.96. The van der Waals surface area contributed by atoms with Gasteiger partial charge in [-0.25, -0.2) is 18.1 Å². The molecule has 7 heteroatoms. The number of benzene rings is 1. The van der Waals surface area contributed by atoms with E-state index < -0.39 is 16.1 Å². The Hall–Kier alpha value is -1.86. The highest BCUT2D eigenvalue weighted by Crippen LogP contribution is 2.21. The summed E-state index contributed by atoms with van der Waals surface area (Å²) in [6, 6.07) is 4.39. The smallest absolute Gasteiger partial charge is 0.243 e. The van der Waals surface area contributed by atoms with E-state index in [9.17, 15) is 8.42 Å². The Bertz CT molecular complexity index is 665. The molecule has 0 spiro atoms. The van der Waals surface area contributed by atoms with Crippen LogP contribution in [0, 0.1) is 6.92 Å². The summed E-state index contributed by atoms with van der Waals surface area (Å²) < 4.78 is 27.0. The van der Waals surface area contributed by atoms with Crippen LogP contribution in [0.3, 0.4) is 0 Å². The SMILES string of the molecule is Cc1ccc(S(=O)(=O)NC(C)c2ncc[nH]2)c(N)c1. The maximum absolute atomic E-state index is 12.2. The van der Waals surface area contributed by atoms with Crippen molar-refractivity contribution in [3.05, 3.63) is 42.0 Å². The molecular formula is C12H16N4O2S. The van der Waals surface area contributed by atoms with Crippen molar-refractivity contribution in [1.29, 1.82) is 0 Å². The molecule has 102 valence electrons. The lowest BCUT2D eigenvalue weighted by Crippen LogP contribution is -2.28. The van der Waals surface area contributed by atoms with Gasteiger partial charge in [-0.15, -0.1) is 0 Å². The molecule has 19 heavy (non-hydrogen) atoms. The van der Waals surface area contributed by atoms with Gasteiger partial charge in [0.05, 0.1) is 11.7 Å². The third-order valence-corrected chi connectivity index (χ3v) is 4.33. The average Bonchev–Trinajstić information content (AvgIpc) is 2.80. The molecule has 0 aliphatic heterocycles. The van der Waals surface area contributed by atoms with Gasteiger partial charge in [-0.1, -0.05) is 6.07 Å². The first-order chi connectivity index (χ1) is 8.90. The van der Waals surface area contributed by atoms with Crippen molar-refractivity contribution in [1.82, 2.24) is 14.7 Å². The van der Waals surface area contributed by atoms with Gasteiger partial charge in [-0.3, -0.25) is 0 Å². The third kappa shape index (κ3) is 2.94. The molecule has 0 amide bonds. The Kier molecular flexibility index (Phi) is 3.59. The van der Waals surface area contributed by atoms with Gasteiger partial charge in [0, 0.05) is 12.4 Å². The number of imidazole rings is 1. The van der Waals surface area contributed by atoms with Crippen molar-refractivity contribution < 1.29 is 8.42 Å². The number of nitrogens with one attached hydrogen (secondary N) is 2.